The molecule has 0 radical (unpaired) electrons. The first-order chi connectivity index (χ1) is 8.03. The fourth-order valence-electron chi connectivity index (χ4n) is 2.58. The maximum absolute atomic E-state index is 13.6. The van der Waals surface area contributed by atoms with Crippen molar-refractivity contribution >= 4 is 5.91 Å². The van der Waals surface area contributed by atoms with Crippen LogP contribution in [0.15, 0.2) is 24.3 Å². The zero-order valence-electron chi connectivity index (χ0n) is 9.87. The monoisotopic (exact) mass is 236 g/mol. The summed E-state index contributed by atoms with van der Waals surface area (Å²) in [6.45, 7) is 3.25. The number of hydrogen-bond donors (Lipinski definition) is 2. The summed E-state index contributed by atoms with van der Waals surface area (Å²) >= 11 is 0. The fraction of sp³-hybridized carbons (Fsp3) is 0.462. The number of nitrogens with two attached hydrogens (primary N) is 1. The first-order valence-electron chi connectivity index (χ1n) is 5.76. The number of amides is 1. The number of halogens is 1. The number of hydrogen-bond acceptors (Lipinski definition) is 2. The molecule has 1 fully saturated rings. The van der Waals surface area contributed by atoms with E-state index in [0.717, 1.165) is 0 Å². The molecule has 1 aliphatic rings. The van der Waals surface area contributed by atoms with Crippen LogP contribution in [0.1, 0.15) is 12.5 Å². The quantitative estimate of drug-likeness (QED) is 0.825. The number of carbonyl (C=O) groups excluding carboxylic acids is 1. The van der Waals surface area contributed by atoms with Crippen LogP contribution in [0.25, 0.3) is 0 Å². The molecule has 1 saturated heterocycles. The van der Waals surface area contributed by atoms with Crippen molar-refractivity contribution in [3.8, 4) is 0 Å². The van der Waals surface area contributed by atoms with Gasteiger partial charge >= 0.3 is 0 Å². The Kier molecular flexibility index (Phi) is 3.15. The summed E-state index contributed by atoms with van der Waals surface area (Å²) in [4.78, 5) is 11.4. The van der Waals surface area contributed by atoms with Crippen molar-refractivity contribution < 1.29 is 9.18 Å². The van der Waals surface area contributed by atoms with Gasteiger partial charge in [0.2, 0.25) is 5.91 Å². The summed E-state index contributed by atoms with van der Waals surface area (Å²) in [6, 6.07) is 6.68. The third-order valence-corrected chi connectivity index (χ3v) is 3.61. The molecule has 1 amide bonds. The number of carbonyl (C=O) groups is 1. The predicted molar refractivity (Wildman–Crippen MR) is 63.8 cm³/mol. The largest absolute Gasteiger partial charge is 0.369 e. The van der Waals surface area contributed by atoms with Gasteiger partial charge in [0, 0.05) is 13.1 Å². The van der Waals surface area contributed by atoms with Crippen LogP contribution in [0.2, 0.25) is 0 Å². The number of nitrogens with one attached hydrogen (secondary N) is 1. The highest BCUT2D eigenvalue weighted by Crippen LogP contribution is 2.35. The zero-order chi connectivity index (χ0) is 12.5. The predicted octanol–water partition coefficient (Wildman–Crippen LogP) is 1.08. The smallest absolute Gasteiger partial charge is 0.222 e. The molecule has 0 saturated carbocycles. The molecule has 3 N–H and O–H groups in total. The minimum Gasteiger partial charge on any atom is -0.369 e. The third-order valence-electron chi connectivity index (χ3n) is 3.61. The van der Waals surface area contributed by atoms with Gasteiger partial charge in [-0.25, -0.2) is 4.39 Å². The van der Waals surface area contributed by atoms with E-state index in [1.807, 2.05) is 13.0 Å². The van der Waals surface area contributed by atoms with Crippen LogP contribution in [-0.2, 0) is 11.2 Å². The molecule has 1 aliphatic heterocycles. The molecule has 4 heteroatoms. The first kappa shape index (κ1) is 12.0. The van der Waals surface area contributed by atoms with Gasteiger partial charge in [-0.3, -0.25) is 4.79 Å². The van der Waals surface area contributed by atoms with Gasteiger partial charge in [-0.1, -0.05) is 25.1 Å². The van der Waals surface area contributed by atoms with Crippen LogP contribution in [0, 0.1) is 17.2 Å². The van der Waals surface area contributed by atoms with Gasteiger partial charge in [-0.05, 0) is 23.5 Å². The first-order valence-corrected chi connectivity index (χ1v) is 5.76. The average Bonchev–Trinajstić information content (AvgIpc) is 2.64. The molecule has 0 bridgehead atoms. The normalized spacial score (nSPS) is 28.2. The van der Waals surface area contributed by atoms with Gasteiger partial charge < -0.3 is 11.1 Å². The van der Waals surface area contributed by atoms with E-state index in [9.17, 15) is 9.18 Å². The Bertz CT molecular complexity index is 435. The minimum absolute atomic E-state index is 0.219. The van der Waals surface area contributed by atoms with Crippen LogP contribution in [0.4, 0.5) is 4.39 Å². The van der Waals surface area contributed by atoms with E-state index in [2.05, 4.69) is 5.32 Å². The zero-order valence-corrected chi connectivity index (χ0v) is 9.87. The van der Waals surface area contributed by atoms with Crippen molar-refractivity contribution in [2.24, 2.45) is 17.1 Å². The van der Waals surface area contributed by atoms with Crippen LogP contribution >= 0.6 is 0 Å². The van der Waals surface area contributed by atoms with Crippen molar-refractivity contribution in [1.29, 1.82) is 0 Å². The second-order valence-corrected chi connectivity index (χ2v) is 5.01. The van der Waals surface area contributed by atoms with Crippen LogP contribution in [-0.4, -0.2) is 19.0 Å². The van der Waals surface area contributed by atoms with Gasteiger partial charge in [0.25, 0.3) is 0 Å². The van der Waals surface area contributed by atoms with E-state index in [4.69, 9.17) is 5.73 Å². The lowest BCUT2D eigenvalue weighted by molar-refractivity contribution is -0.123. The summed E-state index contributed by atoms with van der Waals surface area (Å²) in [7, 11) is 0. The standard InChI is InChI=1S/C13H17FN2O/c1-13(8-16-7-10(13)12(15)17)6-9-4-2-3-5-11(9)14/h2-5,10,16H,6-8H2,1H3,(H2,15,17). The van der Waals surface area contributed by atoms with Crippen LogP contribution < -0.4 is 11.1 Å². The molecular weight excluding hydrogens is 219 g/mol. The van der Waals surface area contributed by atoms with E-state index >= 15 is 0 Å². The van der Waals surface area contributed by atoms with Crippen molar-refractivity contribution in [2.75, 3.05) is 13.1 Å². The van der Waals surface area contributed by atoms with E-state index in [1.165, 1.54) is 6.07 Å². The molecule has 17 heavy (non-hydrogen) atoms. The molecule has 1 aromatic carbocycles. The molecule has 2 atom stereocenters. The van der Waals surface area contributed by atoms with Gasteiger partial charge in [-0.2, -0.15) is 0 Å². The van der Waals surface area contributed by atoms with Gasteiger partial charge in [0.05, 0.1) is 5.92 Å². The van der Waals surface area contributed by atoms with Gasteiger partial charge in [-0.15, -0.1) is 0 Å². The summed E-state index contributed by atoms with van der Waals surface area (Å²) in [5.74, 6) is -0.764. The molecule has 2 unspecified atom stereocenters. The van der Waals surface area contributed by atoms with E-state index in [0.29, 0.717) is 25.1 Å². The SMILES string of the molecule is CC1(Cc2ccccc2F)CNCC1C(N)=O. The summed E-state index contributed by atoms with van der Waals surface area (Å²) < 4.78 is 13.6. The van der Waals surface area contributed by atoms with E-state index in [1.54, 1.807) is 12.1 Å². The Morgan fingerprint density at radius 1 is 1.59 bits per heavy atom. The molecular formula is C13H17FN2O. The van der Waals surface area contributed by atoms with Gasteiger partial charge in [0.15, 0.2) is 0 Å². The molecule has 1 heterocycles. The van der Waals surface area contributed by atoms with Crippen molar-refractivity contribution in [2.45, 2.75) is 13.3 Å². The number of rotatable bonds is 3. The van der Waals surface area contributed by atoms with Crippen LogP contribution in [0.3, 0.4) is 0 Å². The average molecular weight is 236 g/mol. The highest BCUT2D eigenvalue weighted by atomic mass is 19.1. The Morgan fingerprint density at radius 2 is 2.29 bits per heavy atom. The summed E-state index contributed by atoms with van der Waals surface area (Å²) in [6.07, 6.45) is 0.528. The van der Waals surface area contributed by atoms with Crippen molar-refractivity contribution in [3.05, 3.63) is 35.6 Å². The number of primary amides is 1. The third kappa shape index (κ3) is 2.31. The van der Waals surface area contributed by atoms with Gasteiger partial charge in [0.1, 0.15) is 5.82 Å². The van der Waals surface area contributed by atoms with E-state index in [-0.39, 0.29) is 23.1 Å². The second-order valence-electron chi connectivity index (χ2n) is 5.01. The fourth-order valence-corrected chi connectivity index (χ4v) is 2.58. The lowest BCUT2D eigenvalue weighted by atomic mass is 9.75. The highest BCUT2D eigenvalue weighted by molar-refractivity contribution is 5.78. The lowest BCUT2D eigenvalue weighted by Crippen LogP contribution is -2.38. The Balaban J connectivity index is 2.22. The maximum atomic E-state index is 13.6. The Hall–Kier alpha value is -1.42. The molecule has 0 spiro atoms. The topological polar surface area (TPSA) is 55.1 Å². The summed E-state index contributed by atoms with van der Waals surface area (Å²) in [5.41, 5.74) is 5.74. The molecule has 92 valence electrons. The van der Waals surface area contributed by atoms with E-state index < -0.39 is 0 Å². The lowest BCUT2D eigenvalue weighted by Gasteiger charge is -2.28. The number of benzene rings is 1. The van der Waals surface area contributed by atoms with Crippen LogP contribution in [0.5, 0.6) is 0 Å². The molecule has 2 rings (SSSR count). The Labute approximate surface area is 100 Å². The minimum atomic E-state index is -0.311. The Morgan fingerprint density at radius 3 is 2.94 bits per heavy atom. The molecule has 0 aliphatic carbocycles. The molecule has 0 aromatic heterocycles. The summed E-state index contributed by atoms with van der Waals surface area (Å²) in [5, 5.41) is 3.16. The maximum Gasteiger partial charge on any atom is 0.222 e. The van der Waals surface area contributed by atoms with Crippen molar-refractivity contribution in [3.63, 3.8) is 0 Å². The highest BCUT2D eigenvalue weighted by Gasteiger charge is 2.42. The van der Waals surface area contributed by atoms with Crippen molar-refractivity contribution in [1.82, 2.24) is 5.32 Å². The molecule has 1 aromatic rings. The second kappa shape index (κ2) is 4.45. The molecule has 3 nitrogen and oxygen atoms in total.